The van der Waals surface area contributed by atoms with Gasteiger partial charge in [0, 0.05) is 28.8 Å². The second kappa shape index (κ2) is 8.76. The van der Waals surface area contributed by atoms with Gasteiger partial charge in [0.25, 0.3) is 11.8 Å². The first kappa shape index (κ1) is 21.5. The number of rotatable bonds is 7. The standard InChI is InChI=1S/C24H22N2O5S/c1-14-7-8-19(31-4)18(10-14)26-23(27)21(20-6-5-9-32-20)22(24(26)28)25-15-11-16(29-2)13-17(12-15)30-3/h5-13,25H,1-4H3. The number of nitrogens with zero attached hydrogens (tertiary/aromatic N) is 1. The summed E-state index contributed by atoms with van der Waals surface area (Å²) in [5.41, 5.74) is 2.34. The minimum absolute atomic E-state index is 0.177. The minimum Gasteiger partial charge on any atom is -0.497 e. The molecule has 0 bridgehead atoms. The Balaban J connectivity index is 1.83. The van der Waals surface area contributed by atoms with Gasteiger partial charge in [0.1, 0.15) is 22.9 Å². The number of amides is 2. The number of hydrogen-bond acceptors (Lipinski definition) is 7. The first-order valence-corrected chi connectivity index (χ1v) is 10.7. The van der Waals surface area contributed by atoms with Gasteiger partial charge in [-0.05, 0) is 36.1 Å². The number of thiophene rings is 1. The number of nitrogens with one attached hydrogen (secondary N) is 1. The summed E-state index contributed by atoms with van der Waals surface area (Å²) in [6, 6.07) is 14.2. The van der Waals surface area contributed by atoms with Gasteiger partial charge in [0.05, 0.1) is 32.6 Å². The van der Waals surface area contributed by atoms with Crippen molar-refractivity contribution in [2.45, 2.75) is 6.92 Å². The Bertz CT molecular complexity index is 1190. The van der Waals surface area contributed by atoms with Gasteiger partial charge in [0.2, 0.25) is 0 Å². The van der Waals surface area contributed by atoms with E-state index in [0.29, 0.717) is 39.1 Å². The highest BCUT2D eigenvalue weighted by Crippen LogP contribution is 2.40. The highest BCUT2D eigenvalue weighted by Gasteiger charge is 2.42. The Labute approximate surface area is 189 Å². The van der Waals surface area contributed by atoms with Crippen LogP contribution in [0.15, 0.2) is 59.6 Å². The number of methoxy groups -OCH3 is 3. The maximum atomic E-state index is 13.6. The predicted octanol–water partition coefficient (Wildman–Crippen LogP) is 4.48. The summed E-state index contributed by atoms with van der Waals surface area (Å²) in [7, 11) is 4.60. The molecule has 3 aromatic rings. The van der Waals surface area contributed by atoms with Crippen molar-refractivity contribution >= 4 is 40.1 Å². The zero-order valence-electron chi connectivity index (χ0n) is 18.1. The Hall–Kier alpha value is -3.78. The summed E-state index contributed by atoms with van der Waals surface area (Å²) < 4.78 is 16.1. The first-order chi connectivity index (χ1) is 15.5. The number of imide groups is 1. The smallest absolute Gasteiger partial charge is 0.282 e. The lowest BCUT2D eigenvalue weighted by Crippen LogP contribution is -2.32. The van der Waals surface area contributed by atoms with E-state index in [0.717, 1.165) is 10.5 Å². The van der Waals surface area contributed by atoms with Gasteiger partial charge < -0.3 is 19.5 Å². The molecule has 1 aliphatic heterocycles. The quantitative estimate of drug-likeness (QED) is 0.535. The van der Waals surface area contributed by atoms with Crippen LogP contribution >= 0.6 is 11.3 Å². The number of anilines is 2. The van der Waals surface area contributed by atoms with Crippen LogP contribution in [0, 0.1) is 6.92 Å². The highest BCUT2D eigenvalue weighted by atomic mass is 32.1. The summed E-state index contributed by atoms with van der Waals surface area (Å²) in [6.45, 7) is 1.89. The molecule has 1 aromatic heterocycles. The third-order valence-corrected chi connectivity index (χ3v) is 5.93. The average Bonchev–Trinajstić information content (AvgIpc) is 3.40. The van der Waals surface area contributed by atoms with Gasteiger partial charge in [-0.2, -0.15) is 0 Å². The summed E-state index contributed by atoms with van der Waals surface area (Å²) in [6.07, 6.45) is 0. The largest absolute Gasteiger partial charge is 0.497 e. The molecule has 0 radical (unpaired) electrons. The molecule has 0 spiro atoms. The van der Waals surface area contributed by atoms with E-state index >= 15 is 0 Å². The number of carbonyl (C=O) groups excluding carboxylic acids is 2. The minimum atomic E-state index is -0.468. The molecule has 8 heteroatoms. The van der Waals surface area contributed by atoms with Crippen molar-refractivity contribution in [2.75, 3.05) is 31.5 Å². The van der Waals surface area contributed by atoms with Crippen molar-refractivity contribution in [3.63, 3.8) is 0 Å². The molecule has 0 atom stereocenters. The lowest BCUT2D eigenvalue weighted by atomic mass is 10.1. The van der Waals surface area contributed by atoms with Crippen LogP contribution in [0.2, 0.25) is 0 Å². The maximum Gasteiger partial charge on any atom is 0.282 e. The van der Waals surface area contributed by atoms with Gasteiger partial charge >= 0.3 is 0 Å². The van der Waals surface area contributed by atoms with Crippen molar-refractivity contribution in [3.05, 3.63) is 70.0 Å². The fourth-order valence-corrected chi connectivity index (χ4v) is 4.28. The number of aryl methyl sites for hydroxylation is 1. The molecule has 1 aliphatic rings. The number of benzene rings is 2. The average molecular weight is 451 g/mol. The second-order valence-electron chi connectivity index (χ2n) is 7.07. The number of ether oxygens (including phenoxy) is 3. The monoisotopic (exact) mass is 450 g/mol. The predicted molar refractivity (Wildman–Crippen MR) is 125 cm³/mol. The Morgan fingerprint density at radius 1 is 0.875 bits per heavy atom. The topological polar surface area (TPSA) is 77.1 Å². The normalized spacial score (nSPS) is 13.6. The molecular formula is C24H22N2O5S. The summed E-state index contributed by atoms with van der Waals surface area (Å²) in [5.74, 6) is 0.660. The Morgan fingerprint density at radius 3 is 2.19 bits per heavy atom. The molecule has 4 rings (SSSR count). The lowest BCUT2D eigenvalue weighted by molar-refractivity contribution is -0.120. The third kappa shape index (κ3) is 3.80. The maximum absolute atomic E-state index is 13.6. The zero-order chi connectivity index (χ0) is 22.8. The number of carbonyl (C=O) groups is 2. The van der Waals surface area contributed by atoms with Gasteiger partial charge in [-0.3, -0.25) is 9.59 Å². The summed E-state index contributed by atoms with van der Waals surface area (Å²) >= 11 is 1.39. The van der Waals surface area contributed by atoms with Gasteiger partial charge in [-0.15, -0.1) is 11.3 Å². The molecule has 0 saturated carbocycles. The molecule has 0 fully saturated rings. The van der Waals surface area contributed by atoms with E-state index in [-0.39, 0.29) is 5.70 Å². The van der Waals surface area contributed by atoms with Crippen LogP contribution in [0.1, 0.15) is 10.4 Å². The Morgan fingerprint density at radius 2 is 1.59 bits per heavy atom. The fraction of sp³-hybridized carbons (Fsp3) is 0.167. The lowest BCUT2D eigenvalue weighted by Gasteiger charge is -2.19. The van der Waals surface area contributed by atoms with Crippen LogP contribution in [0.25, 0.3) is 5.57 Å². The van der Waals surface area contributed by atoms with E-state index in [1.807, 2.05) is 30.5 Å². The third-order valence-electron chi connectivity index (χ3n) is 5.05. The van der Waals surface area contributed by atoms with Crippen LogP contribution in [-0.2, 0) is 9.59 Å². The van der Waals surface area contributed by atoms with E-state index in [1.165, 1.54) is 18.4 Å². The molecule has 2 amide bonds. The molecule has 164 valence electrons. The van der Waals surface area contributed by atoms with Gasteiger partial charge in [-0.1, -0.05) is 12.1 Å². The number of hydrogen-bond donors (Lipinski definition) is 1. The van der Waals surface area contributed by atoms with Gasteiger partial charge in [0.15, 0.2) is 0 Å². The van der Waals surface area contributed by atoms with Crippen molar-refractivity contribution < 1.29 is 23.8 Å². The van der Waals surface area contributed by atoms with Crippen LogP contribution in [0.3, 0.4) is 0 Å². The molecule has 0 saturated heterocycles. The molecular weight excluding hydrogens is 428 g/mol. The van der Waals surface area contributed by atoms with Crippen molar-refractivity contribution in [2.24, 2.45) is 0 Å². The second-order valence-corrected chi connectivity index (χ2v) is 8.02. The van der Waals surface area contributed by atoms with E-state index in [4.69, 9.17) is 14.2 Å². The summed E-state index contributed by atoms with van der Waals surface area (Å²) in [5, 5.41) is 5.00. The van der Waals surface area contributed by atoms with Crippen molar-refractivity contribution in [1.29, 1.82) is 0 Å². The van der Waals surface area contributed by atoms with E-state index in [2.05, 4.69) is 5.32 Å². The van der Waals surface area contributed by atoms with Crippen LogP contribution < -0.4 is 24.4 Å². The van der Waals surface area contributed by atoms with Gasteiger partial charge in [-0.25, -0.2) is 4.90 Å². The molecule has 32 heavy (non-hydrogen) atoms. The summed E-state index contributed by atoms with van der Waals surface area (Å²) in [4.78, 5) is 29.0. The molecule has 1 N–H and O–H groups in total. The zero-order valence-corrected chi connectivity index (χ0v) is 18.9. The molecule has 0 unspecified atom stereocenters. The van der Waals surface area contributed by atoms with Crippen LogP contribution in [0.5, 0.6) is 17.2 Å². The van der Waals surface area contributed by atoms with E-state index < -0.39 is 11.8 Å². The first-order valence-electron chi connectivity index (χ1n) is 9.78. The molecule has 2 heterocycles. The molecule has 7 nitrogen and oxygen atoms in total. The SMILES string of the molecule is COc1cc(NC2=C(c3cccs3)C(=O)N(c3cc(C)ccc3OC)C2=O)cc(OC)c1. The van der Waals surface area contributed by atoms with Crippen molar-refractivity contribution in [1.82, 2.24) is 0 Å². The van der Waals surface area contributed by atoms with E-state index in [1.54, 1.807) is 44.6 Å². The van der Waals surface area contributed by atoms with Crippen molar-refractivity contribution in [3.8, 4) is 17.2 Å². The van der Waals surface area contributed by atoms with E-state index in [9.17, 15) is 9.59 Å². The van der Waals surface area contributed by atoms with Crippen LogP contribution in [-0.4, -0.2) is 33.1 Å². The fourth-order valence-electron chi connectivity index (χ4n) is 3.51. The van der Waals surface area contributed by atoms with Crippen LogP contribution in [0.4, 0.5) is 11.4 Å². The Kier molecular flexibility index (Phi) is 5.87. The molecule has 0 aliphatic carbocycles. The highest BCUT2D eigenvalue weighted by molar-refractivity contribution is 7.11. The molecule has 2 aromatic carbocycles.